The summed E-state index contributed by atoms with van der Waals surface area (Å²) in [4.78, 5) is 35.5. The minimum atomic E-state index is -2.55. The van der Waals surface area contributed by atoms with Crippen LogP contribution in [0.2, 0.25) is 0 Å². The molecule has 1 unspecified atom stereocenters. The maximum Gasteiger partial charge on any atom is 0.253 e. The van der Waals surface area contributed by atoms with E-state index in [-0.39, 0.29) is 82.7 Å². The lowest BCUT2D eigenvalue weighted by molar-refractivity contribution is -0.301. The number of benzene rings is 3. The van der Waals surface area contributed by atoms with E-state index in [1.54, 1.807) is 56.4 Å². The molecule has 64 heavy (non-hydrogen) atoms. The summed E-state index contributed by atoms with van der Waals surface area (Å²) < 4.78 is 54.6. The molecule has 1 saturated heterocycles. The van der Waals surface area contributed by atoms with E-state index in [0.717, 1.165) is 6.07 Å². The van der Waals surface area contributed by atoms with Crippen molar-refractivity contribution in [3.05, 3.63) is 90.5 Å². The number of amides is 2. The molecule has 0 saturated carbocycles. The molecule has 7 aromatic rings. The Balaban J connectivity index is 0.968. The molecule has 1 aliphatic heterocycles. The highest BCUT2D eigenvalue weighted by Crippen LogP contribution is 2.39. The van der Waals surface area contributed by atoms with Crippen LogP contribution in [0, 0.1) is 11.6 Å². The molecule has 4 aromatic heterocycles. The second kappa shape index (κ2) is 17.4. The number of hydrogen-bond donors (Lipinski definition) is 6. The van der Waals surface area contributed by atoms with Crippen molar-refractivity contribution in [2.24, 2.45) is 7.05 Å². The van der Waals surface area contributed by atoms with Crippen LogP contribution in [0.25, 0.3) is 27.8 Å². The summed E-state index contributed by atoms with van der Waals surface area (Å²) >= 11 is 0. The van der Waals surface area contributed by atoms with E-state index in [1.807, 2.05) is 13.8 Å². The van der Waals surface area contributed by atoms with Gasteiger partial charge in [-0.3, -0.25) is 19.4 Å². The SMILES string of the molecule is CC(C)Oc1c(-c2cn[nH]c2)ncn2nc(Nc3ccc(S(=O)c4cccc(C(O)(O)N5CCN(c6ccc7c(NC(=O)CCNC=O)nn(C)c7c6F)CC5(C)C)c4)cc3F)nc12. The number of piperazine rings is 1. The molecule has 1 aliphatic rings. The van der Waals surface area contributed by atoms with E-state index in [0.29, 0.717) is 34.5 Å². The minimum absolute atomic E-state index is 0.0118. The van der Waals surface area contributed by atoms with Crippen molar-refractivity contribution in [1.82, 2.24) is 49.8 Å². The highest BCUT2D eigenvalue weighted by atomic mass is 32.2. The average molecular weight is 898 g/mol. The van der Waals surface area contributed by atoms with Crippen LogP contribution in [-0.2, 0) is 33.3 Å². The van der Waals surface area contributed by atoms with Gasteiger partial charge in [0.15, 0.2) is 17.4 Å². The van der Waals surface area contributed by atoms with Gasteiger partial charge in [0.1, 0.15) is 23.4 Å². The van der Waals surface area contributed by atoms with Crippen LogP contribution in [0.1, 0.15) is 39.7 Å². The fourth-order valence-corrected chi connectivity index (χ4v) is 8.90. The van der Waals surface area contributed by atoms with Gasteiger partial charge in [-0.15, -0.1) is 5.10 Å². The summed E-state index contributed by atoms with van der Waals surface area (Å²) in [6.07, 6.45) is 5.03. The summed E-state index contributed by atoms with van der Waals surface area (Å²) in [5, 5.41) is 47.3. The highest BCUT2D eigenvalue weighted by molar-refractivity contribution is 7.85. The Bertz CT molecular complexity index is 2900. The molecule has 0 radical (unpaired) electrons. The zero-order valence-electron chi connectivity index (χ0n) is 35.3. The van der Waals surface area contributed by atoms with Gasteiger partial charge in [0.2, 0.25) is 23.9 Å². The molecular weight excluding hydrogens is 853 g/mol. The molecule has 8 rings (SSSR count). The third-order valence-electron chi connectivity index (χ3n) is 10.7. The number of aliphatic hydroxyl groups is 2. The van der Waals surface area contributed by atoms with E-state index in [2.05, 4.69) is 46.3 Å². The first-order valence-electron chi connectivity index (χ1n) is 20.2. The second-order valence-electron chi connectivity index (χ2n) is 16.0. The zero-order chi connectivity index (χ0) is 45.5. The number of ether oxygens (including phenoxy) is 1. The van der Waals surface area contributed by atoms with Crippen LogP contribution in [0.15, 0.2) is 83.1 Å². The van der Waals surface area contributed by atoms with Gasteiger partial charge in [-0.25, -0.2) is 22.9 Å². The van der Waals surface area contributed by atoms with Gasteiger partial charge in [-0.05, 0) is 70.2 Å². The number of aryl methyl sites for hydroxylation is 1. The lowest BCUT2D eigenvalue weighted by Gasteiger charge is -2.52. The molecule has 0 bridgehead atoms. The van der Waals surface area contributed by atoms with E-state index in [4.69, 9.17) is 4.74 Å². The molecule has 1 atom stereocenters. The predicted molar refractivity (Wildman–Crippen MR) is 232 cm³/mol. The number of rotatable bonds is 15. The molecular formula is C42H45F2N13O6S. The summed E-state index contributed by atoms with van der Waals surface area (Å²) in [5.74, 6) is -3.64. The quantitative estimate of drug-likeness (QED) is 0.0483. The first-order valence-corrected chi connectivity index (χ1v) is 21.3. The number of aromatic nitrogens is 8. The van der Waals surface area contributed by atoms with Crippen molar-refractivity contribution >= 4 is 62.8 Å². The average Bonchev–Trinajstić information content (AvgIpc) is 4.01. The van der Waals surface area contributed by atoms with Crippen LogP contribution in [0.5, 0.6) is 5.75 Å². The molecule has 6 N–H and O–H groups in total. The Kier molecular flexibility index (Phi) is 11.9. The summed E-state index contributed by atoms with van der Waals surface area (Å²) in [5.41, 5.74) is 1.04. The molecule has 3 aromatic carbocycles. The van der Waals surface area contributed by atoms with Gasteiger partial charge in [0.25, 0.3) is 5.91 Å². The van der Waals surface area contributed by atoms with Crippen molar-refractivity contribution < 1.29 is 37.5 Å². The Morgan fingerprint density at radius 1 is 1.09 bits per heavy atom. The molecule has 2 amide bonds. The Morgan fingerprint density at radius 3 is 2.61 bits per heavy atom. The van der Waals surface area contributed by atoms with E-state index in [1.165, 1.54) is 50.8 Å². The van der Waals surface area contributed by atoms with Crippen LogP contribution in [0.4, 0.5) is 31.9 Å². The number of halogens is 2. The summed E-state index contributed by atoms with van der Waals surface area (Å²) in [6, 6.07) is 13.2. The summed E-state index contributed by atoms with van der Waals surface area (Å²) in [6.45, 7) is 7.92. The Labute approximate surface area is 366 Å². The second-order valence-corrected chi connectivity index (χ2v) is 17.5. The fraction of sp³-hybridized carbons (Fsp3) is 0.310. The molecule has 5 heterocycles. The van der Waals surface area contributed by atoms with Gasteiger partial charge in [0, 0.05) is 77.7 Å². The Hall–Kier alpha value is -6.88. The highest BCUT2D eigenvalue weighted by Gasteiger charge is 2.47. The van der Waals surface area contributed by atoms with Crippen molar-refractivity contribution in [3.8, 4) is 17.0 Å². The van der Waals surface area contributed by atoms with Gasteiger partial charge in [0.05, 0.1) is 34.5 Å². The lowest BCUT2D eigenvalue weighted by atomic mass is 9.95. The zero-order valence-corrected chi connectivity index (χ0v) is 36.2. The minimum Gasteiger partial charge on any atom is -0.485 e. The molecule has 1 fully saturated rings. The third kappa shape index (κ3) is 8.46. The standard InChI is InChI=1S/C42H45F2N13O6S/c1-24(2)63-37-35(25-19-47-48-20-25)46-22-56-39(37)51-40(53-56)49-31-11-9-28(18-30(31)43)64(62)27-8-6-7-26(17-27)42(60,61)57-16-15-55(21-41(57,3)4)32-12-10-29-36(34(32)44)54(5)52-38(29)50-33(59)13-14-45-23-58/h6-12,17-20,22-24,60-61H,13-16,21H2,1-5H3,(H,45,58)(H,47,48)(H,49,53)(H,50,52,59). The first kappa shape index (κ1) is 43.8. The maximum absolute atomic E-state index is 16.3. The van der Waals surface area contributed by atoms with Crippen molar-refractivity contribution in [2.75, 3.05) is 41.7 Å². The smallest absolute Gasteiger partial charge is 0.253 e. The van der Waals surface area contributed by atoms with Gasteiger partial charge in [-0.2, -0.15) is 19.7 Å². The number of carbonyl (C=O) groups excluding carboxylic acids is 2. The van der Waals surface area contributed by atoms with Crippen LogP contribution >= 0.6 is 0 Å². The predicted octanol–water partition coefficient (Wildman–Crippen LogP) is 4.15. The molecule has 334 valence electrons. The number of nitrogens with one attached hydrogen (secondary N) is 4. The monoisotopic (exact) mass is 897 g/mol. The van der Waals surface area contributed by atoms with Crippen molar-refractivity contribution in [1.29, 1.82) is 0 Å². The van der Waals surface area contributed by atoms with Crippen LogP contribution in [-0.4, -0.2) is 109 Å². The number of carbonyl (C=O) groups is 2. The first-order chi connectivity index (χ1) is 30.5. The van der Waals surface area contributed by atoms with Crippen LogP contribution in [0.3, 0.4) is 0 Å². The number of aromatic amines is 1. The Morgan fingerprint density at radius 2 is 1.89 bits per heavy atom. The third-order valence-corrected chi connectivity index (χ3v) is 12.1. The number of H-pyrrole nitrogens is 1. The topological polar surface area (TPSA) is 233 Å². The number of anilines is 4. The van der Waals surface area contributed by atoms with E-state index < -0.39 is 39.8 Å². The molecule has 22 heteroatoms. The van der Waals surface area contributed by atoms with E-state index in [9.17, 15) is 24.0 Å². The van der Waals surface area contributed by atoms with Gasteiger partial charge < -0.3 is 35.8 Å². The van der Waals surface area contributed by atoms with Crippen LogP contribution < -0.4 is 25.6 Å². The molecule has 0 spiro atoms. The largest absolute Gasteiger partial charge is 0.485 e. The summed E-state index contributed by atoms with van der Waals surface area (Å²) in [7, 11) is -0.378. The number of nitrogens with zero attached hydrogens (tertiary/aromatic N) is 9. The molecule has 0 aliphatic carbocycles. The number of fused-ring (bicyclic) bond motifs is 2. The maximum atomic E-state index is 16.3. The lowest BCUT2D eigenvalue weighted by Crippen LogP contribution is -2.66. The van der Waals surface area contributed by atoms with Crippen molar-refractivity contribution in [2.45, 2.75) is 61.5 Å². The number of hydrogen-bond acceptors (Lipinski definition) is 14. The van der Waals surface area contributed by atoms with Gasteiger partial charge in [-0.1, -0.05) is 12.1 Å². The molecule has 19 nitrogen and oxygen atoms in total. The normalized spacial score (nSPS) is 14.9. The van der Waals surface area contributed by atoms with Gasteiger partial charge >= 0.3 is 0 Å². The fourth-order valence-electron chi connectivity index (χ4n) is 7.79. The van der Waals surface area contributed by atoms with E-state index >= 15 is 8.78 Å². The van der Waals surface area contributed by atoms with Crippen molar-refractivity contribution in [3.63, 3.8) is 0 Å².